The SMILES string of the molecule is COC(=O)CN1C(=O)S/C(=C\c2ccc(OCc3ccc(Cl)cc3)c(OC)c2)C1=O. The van der Waals surface area contributed by atoms with Crippen molar-refractivity contribution < 1.29 is 28.6 Å². The number of imide groups is 1. The Morgan fingerprint density at radius 1 is 1.10 bits per heavy atom. The Morgan fingerprint density at radius 3 is 2.50 bits per heavy atom. The molecule has 0 unspecified atom stereocenters. The molecule has 0 N–H and O–H groups in total. The van der Waals surface area contributed by atoms with E-state index in [1.54, 1.807) is 36.4 Å². The quantitative estimate of drug-likeness (QED) is 0.466. The van der Waals surface area contributed by atoms with E-state index in [4.69, 9.17) is 21.1 Å². The number of carbonyl (C=O) groups excluding carboxylic acids is 3. The Kier molecular flexibility index (Phi) is 7.02. The topological polar surface area (TPSA) is 82.1 Å². The molecule has 7 nitrogen and oxygen atoms in total. The third-order valence-electron chi connectivity index (χ3n) is 4.18. The average molecular weight is 448 g/mol. The molecular formula is C21H18ClNO6S. The molecule has 0 atom stereocenters. The van der Waals surface area contributed by atoms with Gasteiger partial charge in [-0.15, -0.1) is 0 Å². The number of nitrogens with zero attached hydrogens (tertiary/aromatic N) is 1. The number of halogens is 1. The summed E-state index contributed by atoms with van der Waals surface area (Å²) in [5.74, 6) is -0.199. The molecule has 3 rings (SSSR count). The summed E-state index contributed by atoms with van der Waals surface area (Å²) in [5, 5.41) is 0.128. The lowest BCUT2D eigenvalue weighted by Crippen LogP contribution is -2.34. The van der Waals surface area contributed by atoms with Crippen LogP contribution < -0.4 is 9.47 Å². The molecule has 0 spiro atoms. The average Bonchev–Trinajstić information content (AvgIpc) is 3.00. The van der Waals surface area contributed by atoms with Gasteiger partial charge >= 0.3 is 5.97 Å². The molecule has 0 saturated carbocycles. The highest BCUT2D eigenvalue weighted by atomic mass is 35.5. The van der Waals surface area contributed by atoms with Gasteiger partial charge < -0.3 is 14.2 Å². The standard InChI is InChI=1S/C21H18ClNO6S/c1-27-17-9-14(5-8-16(17)29-12-13-3-6-15(22)7-4-13)10-18-20(25)23(21(26)30-18)11-19(24)28-2/h3-10H,11-12H2,1-2H3/b18-10-. The summed E-state index contributed by atoms with van der Waals surface area (Å²) in [7, 11) is 2.71. The van der Waals surface area contributed by atoms with Crippen molar-refractivity contribution in [3.8, 4) is 11.5 Å². The van der Waals surface area contributed by atoms with Crippen molar-refractivity contribution >= 4 is 46.6 Å². The number of benzene rings is 2. The third kappa shape index (κ3) is 5.14. The summed E-state index contributed by atoms with van der Waals surface area (Å²) in [4.78, 5) is 36.9. The Bertz CT molecular complexity index is 1010. The lowest BCUT2D eigenvalue weighted by atomic mass is 10.1. The number of hydrogen-bond donors (Lipinski definition) is 0. The van der Waals surface area contributed by atoms with Gasteiger partial charge in [-0.3, -0.25) is 19.3 Å². The maximum atomic E-state index is 12.4. The van der Waals surface area contributed by atoms with Crippen LogP contribution in [0.5, 0.6) is 11.5 Å². The molecule has 1 heterocycles. The first-order chi connectivity index (χ1) is 14.4. The van der Waals surface area contributed by atoms with Crippen LogP contribution in [-0.4, -0.2) is 42.8 Å². The summed E-state index contributed by atoms with van der Waals surface area (Å²) in [6.07, 6.45) is 1.56. The van der Waals surface area contributed by atoms with Crippen LogP contribution in [0.15, 0.2) is 47.4 Å². The lowest BCUT2D eigenvalue weighted by Gasteiger charge is -2.12. The number of ether oxygens (including phenoxy) is 3. The van der Waals surface area contributed by atoms with Gasteiger partial charge in [0.15, 0.2) is 11.5 Å². The van der Waals surface area contributed by atoms with Gasteiger partial charge in [0.1, 0.15) is 13.2 Å². The molecule has 2 aromatic carbocycles. The van der Waals surface area contributed by atoms with E-state index >= 15 is 0 Å². The molecular weight excluding hydrogens is 430 g/mol. The van der Waals surface area contributed by atoms with Crippen molar-refractivity contribution in [1.29, 1.82) is 0 Å². The van der Waals surface area contributed by atoms with Gasteiger partial charge in [0.05, 0.1) is 19.1 Å². The fraction of sp³-hybridized carbons (Fsp3) is 0.190. The van der Waals surface area contributed by atoms with Gasteiger partial charge in [0, 0.05) is 5.02 Å². The zero-order valence-electron chi connectivity index (χ0n) is 16.2. The maximum absolute atomic E-state index is 12.4. The highest BCUT2D eigenvalue weighted by Gasteiger charge is 2.36. The second-order valence-corrected chi connectivity index (χ2v) is 7.60. The maximum Gasteiger partial charge on any atom is 0.325 e. The fourth-order valence-electron chi connectivity index (χ4n) is 2.62. The molecule has 1 aliphatic rings. The molecule has 0 aliphatic carbocycles. The highest BCUT2D eigenvalue weighted by molar-refractivity contribution is 8.18. The van der Waals surface area contributed by atoms with E-state index in [9.17, 15) is 14.4 Å². The minimum atomic E-state index is -0.664. The van der Waals surface area contributed by atoms with Crippen LogP contribution >= 0.6 is 23.4 Å². The summed E-state index contributed by atoms with van der Waals surface area (Å²) < 4.78 is 15.7. The smallest absolute Gasteiger partial charge is 0.325 e. The van der Waals surface area contributed by atoms with Gasteiger partial charge in [-0.1, -0.05) is 29.8 Å². The molecule has 1 saturated heterocycles. The van der Waals surface area contributed by atoms with Crippen molar-refractivity contribution in [3.63, 3.8) is 0 Å². The Hall–Kier alpha value is -2.97. The van der Waals surface area contributed by atoms with Crippen LogP contribution in [0, 0.1) is 0 Å². The van der Waals surface area contributed by atoms with Gasteiger partial charge in [-0.2, -0.15) is 0 Å². The molecule has 0 bridgehead atoms. The number of hydrogen-bond acceptors (Lipinski definition) is 7. The third-order valence-corrected chi connectivity index (χ3v) is 5.34. The van der Waals surface area contributed by atoms with E-state index in [2.05, 4.69) is 4.74 Å². The molecule has 9 heteroatoms. The monoisotopic (exact) mass is 447 g/mol. The lowest BCUT2D eigenvalue weighted by molar-refractivity contribution is -0.143. The van der Waals surface area contributed by atoms with Crippen LogP contribution in [0.2, 0.25) is 5.02 Å². The van der Waals surface area contributed by atoms with E-state index in [1.165, 1.54) is 14.2 Å². The van der Waals surface area contributed by atoms with Crippen LogP contribution in [0.25, 0.3) is 6.08 Å². The van der Waals surface area contributed by atoms with Crippen molar-refractivity contribution in [2.75, 3.05) is 20.8 Å². The van der Waals surface area contributed by atoms with E-state index < -0.39 is 23.7 Å². The van der Waals surface area contributed by atoms with Gasteiger partial charge in [0.2, 0.25) is 0 Å². The number of amides is 2. The van der Waals surface area contributed by atoms with Crippen molar-refractivity contribution in [2.45, 2.75) is 6.61 Å². The molecule has 1 aliphatic heterocycles. The van der Waals surface area contributed by atoms with Crippen molar-refractivity contribution in [2.24, 2.45) is 0 Å². The molecule has 2 amide bonds. The predicted molar refractivity (Wildman–Crippen MR) is 113 cm³/mol. The number of thioether (sulfide) groups is 1. The minimum absolute atomic E-state index is 0.209. The second kappa shape index (κ2) is 9.69. The van der Waals surface area contributed by atoms with E-state index in [0.717, 1.165) is 22.2 Å². The van der Waals surface area contributed by atoms with Crippen molar-refractivity contribution in [1.82, 2.24) is 4.90 Å². The number of esters is 1. The Labute approximate surface area is 182 Å². The van der Waals surface area contributed by atoms with Gasteiger partial charge in [-0.05, 0) is 53.2 Å². The van der Waals surface area contributed by atoms with Crippen LogP contribution in [0.4, 0.5) is 4.79 Å². The molecule has 156 valence electrons. The number of rotatable bonds is 7. The summed E-state index contributed by atoms with van der Waals surface area (Å²) in [6.45, 7) is -0.0847. The predicted octanol–water partition coefficient (Wildman–Crippen LogP) is 4.14. The van der Waals surface area contributed by atoms with Crippen LogP contribution in [-0.2, 0) is 20.9 Å². The normalized spacial score (nSPS) is 14.9. The largest absolute Gasteiger partial charge is 0.493 e. The minimum Gasteiger partial charge on any atom is -0.493 e. The van der Waals surface area contributed by atoms with E-state index in [-0.39, 0.29) is 4.91 Å². The summed E-state index contributed by atoms with van der Waals surface area (Å²) in [6, 6.07) is 12.5. The first-order valence-electron chi connectivity index (χ1n) is 8.78. The zero-order chi connectivity index (χ0) is 21.7. The summed E-state index contributed by atoms with van der Waals surface area (Å²) >= 11 is 6.65. The molecule has 0 radical (unpaired) electrons. The van der Waals surface area contributed by atoms with Crippen molar-refractivity contribution in [3.05, 3.63) is 63.5 Å². The molecule has 0 aromatic heterocycles. The van der Waals surface area contributed by atoms with E-state index in [0.29, 0.717) is 28.7 Å². The Morgan fingerprint density at radius 2 is 1.83 bits per heavy atom. The van der Waals surface area contributed by atoms with Crippen LogP contribution in [0.1, 0.15) is 11.1 Å². The fourth-order valence-corrected chi connectivity index (χ4v) is 3.58. The number of methoxy groups -OCH3 is 2. The molecule has 2 aromatic rings. The second-order valence-electron chi connectivity index (χ2n) is 6.17. The zero-order valence-corrected chi connectivity index (χ0v) is 17.8. The van der Waals surface area contributed by atoms with Gasteiger partial charge in [-0.25, -0.2) is 0 Å². The van der Waals surface area contributed by atoms with Gasteiger partial charge in [0.25, 0.3) is 11.1 Å². The highest BCUT2D eigenvalue weighted by Crippen LogP contribution is 2.34. The first kappa shape index (κ1) is 21.7. The molecule has 1 fully saturated rings. The van der Waals surface area contributed by atoms with E-state index in [1.807, 2.05) is 12.1 Å². The molecule has 30 heavy (non-hydrogen) atoms. The Balaban J connectivity index is 1.74. The van der Waals surface area contributed by atoms with Crippen LogP contribution in [0.3, 0.4) is 0 Å². The number of carbonyl (C=O) groups is 3. The summed E-state index contributed by atoms with van der Waals surface area (Å²) in [5.41, 5.74) is 1.60. The first-order valence-corrected chi connectivity index (χ1v) is 9.98.